The Hall–Kier alpha value is -1.11. The standard InChI is InChI=1S/C17H26N2O3S/c20-17(18-8-4-10-21-13-14-5-2-11-22-14)19-9-1-6-15(19)16-7-3-12-23-16/h3,7,12,14-15H,1-2,4-6,8-11,13H2,(H,18,20)/t14-,15+/m1/s1. The van der Waals surface area contributed by atoms with Gasteiger partial charge in [-0.25, -0.2) is 4.79 Å². The first-order valence-corrected chi connectivity index (χ1v) is 9.50. The molecule has 5 nitrogen and oxygen atoms in total. The largest absolute Gasteiger partial charge is 0.379 e. The molecule has 3 rings (SSSR count). The highest BCUT2D eigenvalue weighted by Gasteiger charge is 2.30. The third-order valence-electron chi connectivity index (χ3n) is 4.45. The van der Waals surface area contributed by atoms with Crippen molar-refractivity contribution in [1.29, 1.82) is 0 Å². The summed E-state index contributed by atoms with van der Waals surface area (Å²) >= 11 is 1.73. The molecule has 128 valence electrons. The molecule has 1 aromatic rings. The van der Waals surface area contributed by atoms with E-state index < -0.39 is 0 Å². The summed E-state index contributed by atoms with van der Waals surface area (Å²) in [6, 6.07) is 4.49. The van der Waals surface area contributed by atoms with Gasteiger partial charge in [0.25, 0.3) is 0 Å². The van der Waals surface area contributed by atoms with Crippen LogP contribution in [-0.2, 0) is 9.47 Å². The van der Waals surface area contributed by atoms with Crippen LogP contribution in [0.1, 0.15) is 43.0 Å². The minimum absolute atomic E-state index is 0.0556. The summed E-state index contributed by atoms with van der Waals surface area (Å²) in [7, 11) is 0. The van der Waals surface area contributed by atoms with E-state index in [9.17, 15) is 4.79 Å². The van der Waals surface area contributed by atoms with E-state index >= 15 is 0 Å². The average molecular weight is 338 g/mol. The molecule has 6 heteroatoms. The number of amides is 2. The van der Waals surface area contributed by atoms with Crippen LogP contribution in [0.3, 0.4) is 0 Å². The number of carbonyl (C=O) groups is 1. The van der Waals surface area contributed by atoms with Crippen LogP contribution in [0.4, 0.5) is 4.79 Å². The zero-order valence-electron chi connectivity index (χ0n) is 13.5. The number of nitrogens with one attached hydrogen (secondary N) is 1. The summed E-state index contributed by atoms with van der Waals surface area (Å²) in [4.78, 5) is 15.6. The second kappa shape index (κ2) is 8.66. The van der Waals surface area contributed by atoms with Gasteiger partial charge in [0.2, 0.25) is 0 Å². The molecule has 2 atom stereocenters. The maximum atomic E-state index is 12.4. The number of rotatable bonds is 7. The molecular formula is C17H26N2O3S. The van der Waals surface area contributed by atoms with Crippen molar-refractivity contribution in [2.45, 2.75) is 44.2 Å². The SMILES string of the molecule is O=C(NCCCOC[C@H]1CCCO1)N1CCC[C@H]1c1cccs1. The van der Waals surface area contributed by atoms with Crippen LogP contribution in [0, 0.1) is 0 Å². The highest BCUT2D eigenvalue weighted by molar-refractivity contribution is 7.10. The van der Waals surface area contributed by atoms with E-state index in [0.717, 1.165) is 45.3 Å². The molecule has 2 amide bonds. The normalized spacial score (nSPS) is 24.3. The van der Waals surface area contributed by atoms with Crippen molar-refractivity contribution >= 4 is 17.4 Å². The van der Waals surface area contributed by atoms with Crippen LogP contribution < -0.4 is 5.32 Å². The van der Waals surface area contributed by atoms with Crippen LogP contribution >= 0.6 is 11.3 Å². The van der Waals surface area contributed by atoms with Gasteiger partial charge in [-0.3, -0.25) is 0 Å². The molecule has 3 heterocycles. The summed E-state index contributed by atoms with van der Waals surface area (Å²) in [5.41, 5.74) is 0. The lowest BCUT2D eigenvalue weighted by molar-refractivity contribution is 0.0167. The monoisotopic (exact) mass is 338 g/mol. The average Bonchev–Trinajstić information content (AvgIpc) is 3.32. The van der Waals surface area contributed by atoms with E-state index in [1.807, 2.05) is 4.90 Å². The van der Waals surface area contributed by atoms with Gasteiger partial charge in [0, 0.05) is 31.2 Å². The van der Waals surface area contributed by atoms with Crippen molar-refractivity contribution in [3.05, 3.63) is 22.4 Å². The number of likely N-dealkylation sites (tertiary alicyclic amines) is 1. The van der Waals surface area contributed by atoms with Gasteiger partial charge < -0.3 is 19.7 Å². The smallest absolute Gasteiger partial charge is 0.317 e. The van der Waals surface area contributed by atoms with Gasteiger partial charge >= 0.3 is 6.03 Å². The van der Waals surface area contributed by atoms with E-state index in [1.165, 1.54) is 4.88 Å². The molecule has 2 fully saturated rings. The first kappa shape index (κ1) is 16.7. The molecule has 0 radical (unpaired) electrons. The van der Waals surface area contributed by atoms with Crippen molar-refractivity contribution in [1.82, 2.24) is 10.2 Å². The van der Waals surface area contributed by atoms with E-state index in [2.05, 4.69) is 22.8 Å². The van der Waals surface area contributed by atoms with Crippen LogP contribution in [-0.4, -0.2) is 49.9 Å². The predicted octanol–water partition coefficient (Wildman–Crippen LogP) is 3.18. The Balaban J connectivity index is 1.31. The van der Waals surface area contributed by atoms with Gasteiger partial charge in [0.05, 0.1) is 18.8 Å². The topological polar surface area (TPSA) is 50.8 Å². The third-order valence-corrected chi connectivity index (χ3v) is 5.43. The third kappa shape index (κ3) is 4.68. The molecule has 0 bridgehead atoms. The van der Waals surface area contributed by atoms with Gasteiger partial charge in [-0.2, -0.15) is 0 Å². The number of thiophene rings is 1. The summed E-state index contributed by atoms with van der Waals surface area (Å²) in [6.45, 7) is 3.74. The predicted molar refractivity (Wildman–Crippen MR) is 90.8 cm³/mol. The molecular weight excluding hydrogens is 312 g/mol. The van der Waals surface area contributed by atoms with Crippen molar-refractivity contribution in [2.24, 2.45) is 0 Å². The zero-order chi connectivity index (χ0) is 15.9. The highest BCUT2D eigenvalue weighted by Crippen LogP contribution is 2.34. The Morgan fingerprint density at radius 1 is 1.43 bits per heavy atom. The maximum Gasteiger partial charge on any atom is 0.317 e. The number of carbonyl (C=O) groups excluding carboxylic acids is 1. The molecule has 0 unspecified atom stereocenters. The number of hydrogen-bond donors (Lipinski definition) is 1. The van der Waals surface area contributed by atoms with E-state index in [-0.39, 0.29) is 18.2 Å². The summed E-state index contributed by atoms with van der Waals surface area (Å²) in [6.07, 6.45) is 5.52. The van der Waals surface area contributed by atoms with Crippen LogP contribution in [0.2, 0.25) is 0 Å². The fourth-order valence-corrected chi connectivity index (χ4v) is 4.12. The molecule has 0 saturated carbocycles. The lowest BCUT2D eigenvalue weighted by Gasteiger charge is -2.24. The molecule has 0 spiro atoms. The Bertz CT molecular complexity index is 474. The Kier molecular flexibility index (Phi) is 6.30. The fourth-order valence-electron chi connectivity index (χ4n) is 3.25. The molecule has 0 aliphatic carbocycles. The number of ether oxygens (including phenoxy) is 2. The van der Waals surface area contributed by atoms with Crippen LogP contribution in [0.15, 0.2) is 17.5 Å². The van der Waals surface area contributed by atoms with Gasteiger partial charge in [-0.1, -0.05) is 6.07 Å². The number of hydrogen-bond acceptors (Lipinski definition) is 4. The van der Waals surface area contributed by atoms with Gasteiger partial charge in [0.1, 0.15) is 0 Å². The van der Waals surface area contributed by atoms with E-state index in [4.69, 9.17) is 9.47 Å². The highest BCUT2D eigenvalue weighted by atomic mass is 32.1. The number of nitrogens with zero attached hydrogens (tertiary/aromatic N) is 1. The lowest BCUT2D eigenvalue weighted by atomic mass is 10.2. The quantitative estimate of drug-likeness (QED) is 0.777. The Morgan fingerprint density at radius 3 is 3.17 bits per heavy atom. The van der Waals surface area contributed by atoms with Gasteiger partial charge in [-0.15, -0.1) is 11.3 Å². The minimum atomic E-state index is 0.0556. The van der Waals surface area contributed by atoms with E-state index in [1.54, 1.807) is 11.3 Å². The van der Waals surface area contributed by atoms with Crippen molar-refractivity contribution in [3.63, 3.8) is 0 Å². The minimum Gasteiger partial charge on any atom is -0.379 e. The second-order valence-electron chi connectivity index (χ2n) is 6.16. The van der Waals surface area contributed by atoms with Crippen molar-refractivity contribution in [2.75, 3.05) is 32.9 Å². The van der Waals surface area contributed by atoms with Crippen LogP contribution in [0.5, 0.6) is 0 Å². The number of urea groups is 1. The molecule has 2 aliphatic heterocycles. The first-order valence-electron chi connectivity index (χ1n) is 8.62. The second-order valence-corrected chi connectivity index (χ2v) is 7.14. The summed E-state index contributed by atoms with van der Waals surface area (Å²) in [5.74, 6) is 0. The molecule has 1 N–H and O–H groups in total. The zero-order valence-corrected chi connectivity index (χ0v) is 14.4. The summed E-state index contributed by atoms with van der Waals surface area (Å²) in [5, 5.41) is 5.10. The maximum absolute atomic E-state index is 12.4. The Morgan fingerprint density at radius 2 is 2.39 bits per heavy atom. The molecule has 2 aliphatic rings. The fraction of sp³-hybridized carbons (Fsp3) is 0.706. The van der Waals surface area contributed by atoms with Gasteiger partial charge in [-0.05, 0) is 43.6 Å². The van der Waals surface area contributed by atoms with Crippen molar-refractivity contribution in [3.8, 4) is 0 Å². The Labute approximate surface area is 142 Å². The summed E-state index contributed by atoms with van der Waals surface area (Å²) < 4.78 is 11.1. The lowest BCUT2D eigenvalue weighted by Crippen LogP contribution is -2.39. The van der Waals surface area contributed by atoms with Crippen LogP contribution in [0.25, 0.3) is 0 Å². The molecule has 2 saturated heterocycles. The van der Waals surface area contributed by atoms with E-state index in [0.29, 0.717) is 19.8 Å². The molecule has 0 aromatic carbocycles. The molecule has 1 aromatic heterocycles. The van der Waals surface area contributed by atoms with Crippen molar-refractivity contribution < 1.29 is 14.3 Å². The first-order chi connectivity index (χ1) is 11.3. The molecule has 23 heavy (non-hydrogen) atoms. The van der Waals surface area contributed by atoms with Gasteiger partial charge in [0.15, 0.2) is 0 Å².